The molecule has 5 nitrogen and oxygen atoms in total. The predicted molar refractivity (Wildman–Crippen MR) is 80.5 cm³/mol. The highest BCUT2D eigenvalue weighted by Crippen LogP contribution is 2.23. The number of carbonyl (C=O) groups excluding carboxylic acids is 1. The molecule has 1 heterocycles. The zero-order chi connectivity index (χ0) is 15.9. The fourth-order valence-corrected chi connectivity index (χ4v) is 2.56. The molecule has 0 aliphatic carbocycles. The van der Waals surface area contributed by atoms with Gasteiger partial charge in [-0.15, -0.1) is 0 Å². The Morgan fingerprint density at radius 1 is 1.41 bits per heavy atom. The summed E-state index contributed by atoms with van der Waals surface area (Å²) in [6.07, 6.45) is 1.90. The highest BCUT2D eigenvalue weighted by atomic mass is 19.3. The summed E-state index contributed by atoms with van der Waals surface area (Å²) in [5.74, 6) is 0.146. The standard InChI is InChI=1S/C15H21F2N3O2/c1-2-18-15(21)19-11-4-3-9-20(10-11)12-5-7-13(8-6-12)22-14(16)17/h5-8,11,14H,2-4,9-10H2,1H3,(H2,18,19,21)/t11-/m1/s1. The van der Waals surface area contributed by atoms with Crippen LogP contribution in [0.3, 0.4) is 0 Å². The van der Waals surface area contributed by atoms with Crippen molar-refractivity contribution in [3.63, 3.8) is 0 Å². The number of nitrogens with one attached hydrogen (secondary N) is 2. The van der Waals surface area contributed by atoms with Crippen molar-refractivity contribution in [2.75, 3.05) is 24.5 Å². The largest absolute Gasteiger partial charge is 0.435 e. The number of urea groups is 1. The number of ether oxygens (including phenoxy) is 1. The fourth-order valence-electron chi connectivity index (χ4n) is 2.56. The maximum atomic E-state index is 12.1. The van der Waals surface area contributed by atoms with Crippen molar-refractivity contribution in [1.82, 2.24) is 10.6 Å². The van der Waals surface area contributed by atoms with E-state index in [9.17, 15) is 13.6 Å². The van der Waals surface area contributed by atoms with Crippen LogP contribution >= 0.6 is 0 Å². The lowest BCUT2D eigenvalue weighted by Crippen LogP contribution is -2.50. The third-order valence-electron chi connectivity index (χ3n) is 3.52. The molecule has 1 aromatic carbocycles. The number of amides is 2. The van der Waals surface area contributed by atoms with Crippen LogP contribution < -0.4 is 20.3 Å². The van der Waals surface area contributed by atoms with Gasteiger partial charge in [0.1, 0.15) is 5.75 Å². The van der Waals surface area contributed by atoms with Crippen LogP contribution in [0.2, 0.25) is 0 Å². The van der Waals surface area contributed by atoms with Crippen molar-refractivity contribution in [2.24, 2.45) is 0 Å². The van der Waals surface area contributed by atoms with E-state index in [1.54, 1.807) is 12.1 Å². The van der Waals surface area contributed by atoms with Gasteiger partial charge in [-0.05, 0) is 44.0 Å². The maximum absolute atomic E-state index is 12.1. The first-order chi connectivity index (χ1) is 10.6. The lowest BCUT2D eigenvalue weighted by atomic mass is 10.0. The maximum Gasteiger partial charge on any atom is 0.387 e. The molecule has 0 aromatic heterocycles. The predicted octanol–water partition coefficient (Wildman–Crippen LogP) is 2.58. The van der Waals surface area contributed by atoms with E-state index in [2.05, 4.69) is 20.3 Å². The average molecular weight is 313 g/mol. The Morgan fingerprint density at radius 3 is 2.77 bits per heavy atom. The first-order valence-corrected chi connectivity index (χ1v) is 7.42. The Labute approximate surface area is 128 Å². The zero-order valence-corrected chi connectivity index (χ0v) is 12.5. The van der Waals surface area contributed by atoms with Crippen molar-refractivity contribution in [3.05, 3.63) is 24.3 Å². The first kappa shape index (κ1) is 16.3. The molecule has 122 valence electrons. The Kier molecular flexibility index (Phi) is 5.80. The quantitative estimate of drug-likeness (QED) is 0.878. The molecular weight excluding hydrogens is 292 g/mol. The molecule has 0 radical (unpaired) electrons. The van der Waals surface area contributed by atoms with Gasteiger partial charge in [0.15, 0.2) is 0 Å². The van der Waals surface area contributed by atoms with Crippen LogP contribution in [0.4, 0.5) is 19.3 Å². The molecule has 22 heavy (non-hydrogen) atoms. The van der Waals surface area contributed by atoms with Crippen molar-refractivity contribution in [3.8, 4) is 5.75 Å². The van der Waals surface area contributed by atoms with Crippen molar-refractivity contribution >= 4 is 11.7 Å². The van der Waals surface area contributed by atoms with E-state index in [1.165, 1.54) is 12.1 Å². The highest BCUT2D eigenvalue weighted by Gasteiger charge is 2.21. The van der Waals surface area contributed by atoms with E-state index >= 15 is 0 Å². The summed E-state index contributed by atoms with van der Waals surface area (Å²) in [4.78, 5) is 13.7. The lowest BCUT2D eigenvalue weighted by Gasteiger charge is -2.34. The van der Waals surface area contributed by atoms with Crippen molar-refractivity contribution < 1.29 is 18.3 Å². The second kappa shape index (κ2) is 7.82. The molecule has 1 aliphatic rings. The second-order valence-electron chi connectivity index (χ2n) is 5.16. The van der Waals surface area contributed by atoms with Gasteiger partial charge in [-0.1, -0.05) is 0 Å². The van der Waals surface area contributed by atoms with Crippen LogP contribution in [0.15, 0.2) is 24.3 Å². The number of anilines is 1. The third-order valence-corrected chi connectivity index (χ3v) is 3.52. The van der Waals surface area contributed by atoms with Gasteiger partial charge in [-0.3, -0.25) is 0 Å². The topological polar surface area (TPSA) is 53.6 Å². The van der Waals surface area contributed by atoms with E-state index in [4.69, 9.17) is 0 Å². The summed E-state index contributed by atoms with van der Waals surface area (Å²) < 4.78 is 28.6. The Morgan fingerprint density at radius 2 is 2.14 bits per heavy atom. The van der Waals surface area contributed by atoms with E-state index in [1.807, 2.05) is 6.92 Å². The van der Waals surface area contributed by atoms with Gasteiger partial charge >= 0.3 is 12.6 Å². The molecule has 1 saturated heterocycles. The van der Waals surface area contributed by atoms with Gasteiger partial charge in [0.05, 0.1) is 0 Å². The monoisotopic (exact) mass is 313 g/mol. The molecule has 0 saturated carbocycles. The van der Waals surface area contributed by atoms with Crippen LogP contribution in [0.25, 0.3) is 0 Å². The van der Waals surface area contributed by atoms with Gasteiger partial charge in [-0.25, -0.2) is 4.79 Å². The summed E-state index contributed by atoms with van der Waals surface area (Å²) in [5.41, 5.74) is 0.934. The third kappa shape index (κ3) is 4.75. The molecule has 1 atom stereocenters. The van der Waals surface area contributed by atoms with Gasteiger partial charge in [0.25, 0.3) is 0 Å². The molecule has 1 aliphatic heterocycles. The summed E-state index contributed by atoms with van der Waals surface area (Å²) in [7, 11) is 0. The molecule has 1 fully saturated rings. The SMILES string of the molecule is CCNC(=O)N[C@@H]1CCCN(c2ccc(OC(F)F)cc2)C1. The van der Waals surface area contributed by atoms with E-state index in [0.29, 0.717) is 13.1 Å². The minimum absolute atomic E-state index is 0.0808. The minimum Gasteiger partial charge on any atom is -0.435 e. The molecule has 0 spiro atoms. The smallest absolute Gasteiger partial charge is 0.387 e. The number of hydrogen-bond donors (Lipinski definition) is 2. The molecular formula is C15H21F2N3O2. The van der Waals surface area contributed by atoms with Gasteiger partial charge in [0, 0.05) is 31.4 Å². The zero-order valence-electron chi connectivity index (χ0n) is 12.5. The fraction of sp³-hybridized carbons (Fsp3) is 0.533. The number of carbonyl (C=O) groups is 1. The number of nitrogens with zero attached hydrogens (tertiary/aromatic N) is 1. The molecule has 7 heteroatoms. The first-order valence-electron chi connectivity index (χ1n) is 7.42. The molecule has 1 aromatic rings. The van der Waals surface area contributed by atoms with E-state index in [-0.39, 0.29) is 17.8 Å². The van der Waals surface area contributed by atoms with E-state index in [0.717, 1.165) is 25.1 Å². The van der Waals surface area contributed by atoms with Crippen LogP contribution in [0, 0.1) is 0 Å². The Hall–Kier alpha value is -2.05. The minimum atomic E-state index is -2.81. The average Bonchev–Trinajstić information content (AvgIpc) is 2.48. The Bertz CT molecular complexity index is 482. The van der Waals surface area contributed by atoms with Gasteiger partial charge in [0.2, 0.25) is 0 Å². The van der Waals surface area contributed by atoms with E-state index < -0.39 is 6.61 Å². The summed E-state index contributed by atoms with van der Waals surface area (Å²) in [5, 5.41) is 5.66. The normalized spacial score (nSPS) is 18.2. The number of benzene rings is 1. The summed E-state index contributed by atoms with van der Waals surface area (Å²) in [6.45, 7) is 1.23. The second-order valence-corrected chi connectivity index (χ2v) is 5.16. The lowest BCUT2D eigenvalue weighted by molar-refractivity contribution is -0.0498. The van der Waals surface area contributed by atoms with Crippen LogP contribution in [-0.2, 0) is 0 Å². The molecule has 2 N–H and O–H groups in total. The van der Waals surface area contributed by atoms with Gasteiger partial charge < -0.3 is 20.3 Å². The van der Waals surface area contributed by atoms with Crippen LogP contribution in [0.5, 0.6) is 5.75 Å². The van der Waals surface area contributed by atoms with Crippen molar-refractivity contribution in [1.29, 1.82) is 0 Å². The summed E-state index contributed by atoms with van der Waals surface area (Å²) >= 11 is 0. The molecule has 0 unspecified atom stereocenters. The number of piperidine rings is 1. The van der Waals surface area contributed by atoms with Crippen molar-refractivity contribution in [2.45, 2.75) is 32.4 Å². The number of rotatable bonds is 5. The van der Waals surface area contributed by atoms with Crippen LogP contribution in [-0.4, -0.2) is 38.3 Å². The number of hydrogen-bond acceptors (Lipinski definition) is 3. The molecule has 2 amide bonds. The molecule has 2 rings (SSSR count). The molecule has 0 bridgehead atoms. The Balaban J connectivity index is 1.92. The van der Waals surface area contributed by atoms with Gasteiger partial charge in [-0.2, -0.15) is 8.78 Å². The number of alkyl halides is 2. The number of halogens is 2. The summed E-state index contributed by atoms with van der Waals surface area (Å²) in [6, 6.07) is 6.50. The van der Waals surface area contributed by atoms with Crippen LogP contribution in [0.1, 0.15) is 19.8 Å². The highest BCUT2D eigenvalue weighted by molar-refractivity contribution is 5.74.